The Hall–Kier alpha value is -3.55. The predicted octanol–water partition coefficient (Wildman–Crippen LogP) is 3.27. The highest BCUT2D eigenvalue weighted by molar-refractivity contribution is 5.98. The van der Waals surface area contributed by atoms with Gasteiger partial charge in [-0.05, 0) is 74.6 Å². The number of carbonyl (C=O) groups is 3. The van der Waals surface area contributed by atoms with Crippen LogP contribution in [0.2, 0.25) is 0 Å². The monoisotopic (exact) mass is 481 g/mol. The summed E-state index contributed by atoms with van der Waals surface area (Å²) in [6, 6.07) is 13.2. The lowest BCUT2D eigenvalue weighted by molar-refractivity contribution is -0.125. The summed E-state index contributed by atoms with van der Waals surface area (Å²) in [5.41, 5.74) is 1.03. The Morgan fingerprint density at radius 3 is 2.20 bits per heavy atom. The quantitative estimate of drug-likeness (QED) is 0.573. The molecule has 188 valence electrons. The van der Waals surface area contributed by atoms with Gasteiger partial charge < -0.3 is 25.0 Å². The lowest BCUT2D eigenvalue weighted by atomic mass is 9.88. The third-order valence-electron chi connectivity index (χ3n) is 6.54. The second-order valence-corrected chi connectivity index (χ2v) is 8.86. The highest BCUT2D eigenvalue weighted by atomic mass is 16.5. The van der Waals surface area contributed by atoms with E-state index in [-0.39, 0.29) is 29.7 Å². The fourth-order valence-corrected chi connectivity index (χ4v) is 4.17. The Kier molecular flexibility index (Phi) is 9.11. The molecule has 0 radical (unpaired) electrons. The molecule has 0 unspecified atom stereocenters. The number of amides is 3. The van der Waals surface area contributed by atoms with E-state index in [4.69, 9.17) is 9.47 Å². The molecule has 1 fully saturated rings. The molecule has 8 nitrogen and oxygen atoms in total. The minimum absolute atomic E-state index is 0.00221. The van der Waals surface area contributed by atoms with Crippen LogP contribution in [0.25, 0.3) is 0 Å². The van der Waals surface area contributed by atoms with Crippen LogP contribution in [0.4, 0.5) is 0 Å². The zero-order valence-corrected chi connectivity index (χ0v) is 20.9. The number of nitrogens with one attached hydrogen (secondary N) is 2. The van der Waals surface area contributed by atoms with Gasteiger partial charge in [0.1, 0.15) is 17.5 Å². The first-order valence-electron chi connectivity index (χ1n) is 12.0. The highest BCUT2D eigenvalue weighted by Crippen LogP contribution is 2.24. The first kappa shape index (κ1) is 26.1. The molecule has 1 aliphatic heterocycles. The minimum Gasteiger partial charge on any atom is -0.497 e. The maximum Gasteiger partial charge on any atom is 0.253 e. The zero-order valence-electron chi connectivity index (χ0n) is 20.9. The van der Waals surface area contributed by atoms with E-state index in [1.807, 2.05) is 13.8 Å². The van der Waals surface area contributed by atoms with Crippen LogP contribution in [0.1, 0.15) is 53.8 Å². The van der Waals surface area contributed by atoms with Gasteiger partial charge >= 0.3 is 0 Å². The molecule has 1 aliphatic rings. The fraction of sp³-hybridized carbons (Fsp3) is 0.444. The Bertz CT molecular complexity index is 1020. The molecule has 2 aromatic carbocycles. The summed E-state index contributed by atoms with van der Waals surface area (Å²) < 4.78 is 10.4. The van der Waals surface area contributed by atoms with Gasteiger partial charge in [-0.1, -0.05) is 13.0 Å². The fourth-order valence-electron chi connectivity index (χ4n) is 4.17. The van der Waals surface area contributed by atoms with Crippen molar-refractivity contribution in [3.05, 3.63) is 59.7 Å². The van der Waals surface area contributed by atoms with Crippen molar-refractivity contribution < 1.29 is 23.9 Å². The highest BCUT2D eigenvalue weighted by Gasteiger charge is 2.34. The Balaban J connectivity index is 1.70. The van der Waals surface area contributed by atoms with Gasteiger partial charge in [0.2, 0.25) is 5.91 Å². The molecule has 0 aliphatic carbocycles. The van der Waals surface area contributed by atoms with Gasteiger partial charge in [-0.3, -0.25) is 14.4 Å². The Morgan fingerprint density at radius 1 is 0.943 bits per heavy atom. The van der Waals surface area contributed by atoms with E-state index in [0.29, 0.717) is 48.6 Å². The molecule has 8 heteroatoms. The first-order valence-corrected chi connectivity index (χ1v) is 12.0. The second-order valence-electron chi connectivity index (χ2n) is 8.86. The van der Waals surface area contributed by atoms with E-state index in [1.165, 1.54) is 0 Å². The lowest BCUT2D eigenvalue weighted by Gasteiger charge is -2.36. The van der Waals surface area contributed by atoms with Gasteiger partial charge in [0.25, 0.3) is 11.8 Å². The van der Waals surface area contributed by atoms with Gasteiger partial charge in [-0.25, -0.2) is 0 Å². The first-order chi connectivity index (χ1) is 16.9. The molecule has 0 bridgehead atoms. The Morgan fingerprint density at radius 2 is 1.60 bits per heavy atom. The number of methoxy groups -OCH3 is 2. The van der Waals surface area contributed by atoms with Crippen LogP contribution in [-0.2, 0) is 4.79 Å². The van der Waals surface area contributed by atoms with Crippen LogP contribution < -0.4 is 20.1 Å². The maximum absolute atomic E-state index is 13.1. The summed E-state index contributed by atoms with van der Waals surface area (Å²) in [4.78, 5) is 40.9. The summed E-state index contributed by atoms with van der Waals surface area (Å²) in [6.45, 7) is 4.95. The van der Waals surface area contributed by atoms with Crippen molar-refractivity contribution in [2.75, 3.05) is 27.3 Å². The molecule has 1 heterocycles. The topological polar surface area (TPSA) is 97.0 Å². The molecule has 2 aromatic rings. The number of piperidine rings is 1. The van der Waals surface area contributed by atoms with Crippen LogP contribution in [0.3, 0.4) is 0 Å². The van der Waals surface area contributed by atoms with Gasteiger partial charge in [-0.15, -0.1) is 0 Å². The van der Waals surface area contributed by atoms with Gasteiger partial charge in [-0.2, -0.15) is 0 Å². The lowest BCUT2D eigenvalue weighted by Crippen LogP contribution is -2.55. The van der Waals surface area contributed by atoms with E-state index in [1.54, 1.807) is 67.7 Å². The summed E-state index contributed by atoms with van der Waals surface area (Å²) in [5.74, 6) is 0.626. The van der Waals surface area contributed by atoms with E-state index < -0.39 is 6.04 Å². The van der Waals surface area contributed by atoms with E-state index >= 15 is 0 Å². The molecule has 3 amide bonds. The van der Waals surface area contributed by atoms with Crippen molar-refractivity contribution in [2.24, 2.45) is 5.92 Å². The number of ether oxygens (including phenoxy) is 2. The smallest absolute Gasteiger partial charge is 0.253 e. The van der Waals surface area contributed by atoms with E-state index in [9.17, 15) is 14.4 Å². The number of rotatable bonds is 9. The van der Waals surface area contributed by atoms with Crippen LogP contribution in [0.15, 0.2) is 48.5 Å². The van der Waals surface area contributed by atoms with Crippen LogP contribution in [-0.4, -0.2) is 62.0 Å². The molecule has 1 saturated heterocycles. The number of benzene rings is 2. The molecular formula is C27H35N3O5. The SMILES string of the molecule is CC[C@H](C)NC(=O)[C@@H](NC(=O)c1ccc(OC)cc1)C1CCN(C(=O)c2cccc(OC)c2)CC1. The molecular weight excluding hydrogens is 446 g/mol. The minimum atomic E-state index is -0.687. The molecule has 0 saturated carbocycles. The van der Waals surface area contributed by atoms with Gasteiger partial charge in [0, 0.05) is 30.3 Å². The summed E-state index contributed by atoms with van der Waals surface area (Å²) >= 11 is 0. The third kappa shape index (κ3) is 6.74. The van der Waals surface area contributed by atoms with Crippen LogP contribution in [0.5, 0.6) is 11.5 Å². The average molecular weight is 482 g/mol. The van der Waals surface area contributed by atoms with Crippen molar-refractivity contribution in [2.45, 2.75) is 45.2 Å². The molecule has 0 spiro atoms. The van der Waals surface area contributed by atoms with Crippen LogP contribution in [0, 0.1) is 5.92 Å². The predicted molar refractivity (Wildman–Crippen MR) is 134 cm³/mol. The molecule has 35 heavy (non-hydrogen) atoms. The van der Waals surface area contributed by atoms with Crippen LogP contribution >= 0.6 is 0 Å². The molecule has 2 atom stereocenters. The summed E-state index contributed by atoms with van der Waals surface area (Å²) in [7, 11) is 3.13. The van der Waals surface area contributed by atoms with Crippen molar-refractivity contribution in [3.8, 4) is 11.5 Å². The number of hydrogen-bond donors (Lipinski definition) is 2. The second kappa shape index (κ2) is 12.2. The number of carbonyl (C=O) groups excluding carboxylic acids is 3. The van der Waals surface area contributed by atoms with Crippen molar-refractivity contribution in [1.82, 2.24) is 15.5 Å². The molecule has 3 rings (SSSR count). The van der Waals surface area contributed by atoms with Gasteiger partial charge in [0.05, 0.1) is 14.2 Å². The zero-order chi connectivity index (χ0) is 25.4. The summed E-state index contributed by atoms with van der Waals surface area (Å²) in [6.07, 6.45) is 2.01. The van der Waals surface area contributed by atoms with E-state index in [0.717, 1.165) is 6.42 Å². The van der Waals surface area contributed by atoms with Crippen molar-refractivity contribution in [3.63, 3.8) is 0 Å². The normalized spacial score (nSPS) is 15.6. The Labute approximate surface area is 207 Å². The maximum atomic E-state index is 13.1. The third-order valence-corrected chi connectivity index (χ3v) is 6.54. The van der Waals surface area contributed by atoms with E-state index in [2.05, 4.69) is 10.6 Å². The van der Waals surface area contributed by atoms with Gasteiger partial charge in [0.15, 0.2) is 0 Å². The summed E-state index contributed by atoms with van der Waals surface area (Å²) in [5, 5.41) is 5.96. The molecule has 0 aromatic heterocycles. The van der Waals surface area contributed by atoms with Crippen molar-refractivity contribution in [1.29, 1.82) is 0 Å². The molecule has 2 N–H and O–H groups in total. The largest absolute Gasteiger partial charge is 0.497 e. The number of nitrogens with zero attached hydrogens (tertiary/aromatic N) is 1. The number of hydrogen-bond acceptors (Lipinski definition) is 5. The van der Waals surface area contributed by atoms with Crippen molar-refractivity contribution >= 4 is 17.7 Å². The number of likely N-dealkylation sites (tertiary alicyclic amines) is 1. The standard InChI is InChI=1S/C27H35N3O5/c1-5-18(2)28-26(32)24(29-25(31)20-9-11-22(34-3)12-10-20)19-13-15-30(16-14-19)27(33)21-7-6-8-23(17-21)35-4/h6-12,17-19,24H,5,13-16H2,1-4H3,(H,28,32)(H,29,31)/t18-,24-/m0/s1. The average Bonchev–Trinajstić information content (AvgIpc) is 2.91.